The third kappa shape index (κ3) is 20.9. The minimum absolute atomic E-state index is 0.0979. The highest BCUT2D eigenvalue weighted by Gasteiger charge is 2.20. The fraction of sp³-hybridized carbons (Fsp3) is 0.950. The van der Waals surface area contributed by atoms with Crippen molar-refractivity contribution in [3.05, 3.63) is 0 Å². The molecule has 0 unspecified atom stereocenters. The zero-order chi connectivity index (χ0) is 20.9. The normalized spacial score (nSPS) is 11.9. The number of ether oxygens (including phenoxy) is 4. The lowest BCUT2D eigenvalue weighted by Crippen LogP contribution is -2.16. The Hall–Kier alpha value is 0.170. The Balaban J connectivity index is 3.42. The summed E-state index contributed by atoms with van der Waals surface area (Å²) in [7, 11) is 5.33. The molecule has 0 aromatic rings. The summed E-state index contributed by atoms with van der Waals surface area (Å²) in [6, 6.07) is 0. The van der Waals surface area contributed by atoms with Crippen molar-refractivity contribution in [2.24, 2.45) is 0 Å². The maximum absolute atomic E-state index is 12.0. The molecule has 0 aliphatic heterocycles. The molecule has 1 N–H and O–H groups in total. The van der Waals surface area contributed by atoms with Gasteiger partial charge < -0.3 is 24.1 Å². The van der Waals surface area contributed by atoms with Crippen molar-refractivity contribution in [2.45, 2.75) is 57.1 Å². The Bertz CT molecular complexity index is 356. The van der Waals surface area contributed by atoms with E-state index in [2.05, 4.69) is 13.8 Å². The molecule has 0 aromatic heterocycles. The van der Waals surface area contributed by atoms with E-state index in [-0.39, 0.29) is 11.4 Å². The van der Waals surface area contributed by atoms with Crippen LogP contribution in [-0.4, -0.2) is 81.4 Å². The number of carbonyl (C=O) groups is 1. The van der Waals surface area contributed by atoms with Gasteiger partial charge in [-0.25, -0.2) is 0 Å². The molecule has 0 heterocycles. The topological polar surface area (TPSA) is 74.2 Å². The molecule has 0 spiro atoms. The van der Waals surface area contributed by atoms with Crippen LogP contribution in [0.1, 0.15) is 52.4 Å². The number of rotatable bonds is 22. The highest BCUT2D eigenvalue weighted by molar-refractivity contribution is 8.77. The van der Waals surface area contributed by atoms with Gasteiger partial charge >= 0.3 is 0 Å². The highest BCUT2D eigenvalue weighted by Crippen LogP contribution is 2.39. The second-order valence-electron chi connectivity index (χ2n) is 7.07. The fourth-order valence-corrected chi connectivity index (χ4v) is 4.86. The van der Waals surface area contributed by atoms with E-state index in [0.29, 0.717) is 64.9 Å². The Kier molecular flexibility index (Phi) is 20.6. The van der Waals surface area contributed by atoms with Crippen LogP contribution in [0, 0.1) is 0 Å². The minimum Gasteiger partial charge on any atom is -0.396 e. The van der Waals surface area contributed by atoms with Gasteiger partial charge in [0.15, 0.2) is 0 Å². The molecule has 6 nitrogen and oxygen atoms in total. The second kappa shape index (κ2) is 20.4. The molecule has 0 radical (unpaired) electrons. The molecule has 0 aliphatic rings. The number of Topliss-reactive ketones (excluding diaryl/α,β-unsaturated/α-hetero) is 1. The Morgan fingerprint density at radius 2 is 1.46 bits per heavy atom. The number of carbonyl (C=O) groups excluding carboxylic acids is 1. The van der Waals surface area contributed by atoms with Gasteiger partial charge in [-0.3, -0.25) is 4.79 Å². The van der Waals surface area contributed by atoms with Gasteiger partial charge in [0.05, 0.1) is 39.6 Å². The molecule has 0 aliphatic carbocycles. The molecular formula is C20H40O6S2. The van der Waals surface area contributed by atoms with Gasteiger partial charge in [-0.1, -0.05) is 21.6 Å². The summed E-state index contributed by atoms with van der Waals surface area (Å²) in [4.78, 5) is 12.0. The van der Waals surface area contributed by atoms with Crippen LogP contribution < -0.4 is 0 Å². The predicted molar refractivity (Wildman–Crippen MR) is 118 cm³/mol. The van der Waals surface area contributed by atoms with E-state index in [9.17, 15) is 4.79 Å². The van der Waals surface area contributed by atoms with Crippen LogP contribution in [0.3, 0.4) is 0 Å². The van der Waals surface area contributed by atoms with E-state index >= 15 is 0 Å². The zero-order valence-corrected chi connectivity index (χ0v) is 19.5. The summed E-state index contributed by atoms with van der Waals surface area (Å²) in [6.45, 7) is 8.64. The molecule has 0 amide bonds. The lowest BCUT2D eigenvalue weighted by atomic mass is 10.0. The van der Waals surface area contributed by atoms with E-state index in [1.54, 1.807) is 7.11 Å². The zero-order valence-electron chi connectivity index (χ0n) is 17.9. The predicted octanol–water partition coefficient (Wildman–Crippen LogP) is 3.74. The first-order valence-electron chi connectivity index (χ1n) is 10.2. The van der Waals surface area contributed by atoms with Crippen LogP contribution in [-0.2, 0) is 23.7 Å². The number of hydrogen-bond donors (Lipinski definition) is 1. The van der Waals surface area contributed by atoms with E-state index in [1.165, 1.54) is 0 Å². The Labute approximate surface area is 179 Å². The summed E-state index contributed by atoms with van der Waals surface area (Å²) in [5.74, 6) is 1.36. The van der Waals surface area contributed by atoms with Crippen molar-refractivity contribution in [2.75, 3.05) is 65.7 Å². The number of hydrogen-bond acceptors (Lipinski definition) is 8. The number of unbranched alkanes of at least 4 members (excludes halogenated alkanes) is 1. The van der Waals surface area contributed by atoms with Crippen molar-refractivity contribution >= 4 is 27.4 Å². The largest absolute Gasteiger partial charge is 0.396 e. The summed E-state index contributed by atoms with van der Waals surface area (Å²) in [5.41, 5.74) is 0. The van der Waals surface area contributed by atoms with Crippen LogP contribution in [0.2, 0.25) is 0 Å². The third-order valence-corrected chi connectivity index (χ3v) is 7.28. The molecule has 8 heteroatoms. The first-order chi connectivity index (χ1) is 13.5. The third-order valence-electron chi connectivity index (χ3n) is 3.85. The van der Waals surface area contributed by atoms with Gasteiger partial charge in [-0.15, -0.1) is 0 Å². The molecule has 168 valence electrons. The first kappa shape index (κ1) is 28.2. The Morgan fingerprint density at radius 3 is 2.07 bits per heavy atom. The maximum atomic E-state index is 12.0. The quantitative estimate of drug-likeness (QED) is 0.202. The molecule has 28 heavy (non-hydrogen) atoms. The summed E-state index contributed by atoms with van der Waals surface area (Å²) in [5, 5.41) is 8.78. The van der Waals surface area contributed by atoms with Gasteiger partial charge in [-0.2, -0.15) is 0 Å². The number of aliphatic hydroxyl groups excluding tert-OH is 1. The lowest BCUT2D eigenvalue weighted by molar-refractivity contribution is -0.119. The van der Waals surface area contributed by atoms with Crippen LogP contribution in [0.25, 0.3) is 0 Å². The van der Waals surface area contributed by atoms with E-state index in [4.69, 9.17) is 24.1 Å². The van der Waals surface area contributed by atoms with Crippen LogP contribution in [0.5, 0.6) is 0 Å². The van der Waals surface area contributed by atoms with Gasteiger partial charge in [-0.05, 0) is 39.5 Å². The Morgan fingerprint density at radius 1 is 0.857 bits per heavy atom. The number of aliphatic hydroxyl groups is 1. The maximum Gasteiger partial charge on any atom is 0.133 e. The van der Waals surface area contributed by atoms with Gasteiger partial charge in [0, 0.05) is 43.7 Å². The SMILES string of the molecule is COCCOCCOCCOCCCC(=O)CCC(C)(C)SSCCCCO. The molecule has 0 atom stereocenters. The van der Waals surface area contributed by atoms with Crippen molar-refractivity contribution in [3.8, 4) is 0 Å². The average Bonchev–Trinajstić information content (AvgIpc) is 2.67. The van der Waals surface area contributed by atoms with Crippen molar-refractivity contribution in [3.63, 3.8) is 0 Å². The molecule has 0 rings (SSSR count). The van der Waals surface area contributed by atoms with Crippen LogP contribution >= 0.6 is 21.6 Å². The summed E-state index contributed by atoms with van der Waals surface area (Å²) >= 11 is 0. The highest BCUT2D eigenvalue weighted by atomic mass is 33.1. The molecule has 0 saturated heterocycles. The first-order valence-corrected chi connectivity index (χ1v) is 12.5. The number of methoxy groups -OCH3 is 1. The van der Waals surface area contributed by atoms with Gasteiger partial charge in [0.25, 0.3) is 0 Å². The molecule has 0 saturated carbocycles. The molecule has 0 bridgehead atoms. The fourth-order valence-electron chi connectivity index (χ4n) is 2.14. The van der Waals surface area contributed by atoms with E-state index < -0.39 is 0 Å². The lowest BCUT2D eigenvalue weighted by Gasteiger charge is -2.22. The van der Waals surface area contributed by atoms with Crippen molar-refractivity contribution in [1.82, 2.24) is 0 Å². The smallest absolute Gasteiger partial charge is 0.133 e. The van der Waals surface area contributed by atoms with E-state index in [0.717, 1.165) is 31.4 Å². The summed E-state index contributed by atoms with van der Waals surface area (Å²) in [6.07, 6.45) is 4.77. The average molecular weight is 441 g/mol. The van der Waals surface area contributed by atoms with Gasteiger partial charge in [0.2, 0.25) is 0 Å². The molecule has 0 aromatic carbocycles. The van der Waals surface area contributed by atoms with Crippen LogP contribution in [0.15, 0.2) is 0 Å². The monoisotopic (exact) mass is 440 g/mol. The van der Waals surface area contributed by atoms with Crippen molar-refractivity contribution < 1.29 is 28.8 Å². The summed E-state index contributed by atoms with van der Waals surface area (Å²) < 4.78 is 21.2. The van der Waals surface area contributed by atoms with Gasteiger partial charge in [0.1, 0.15) is 5.78 Å². The minimum atomic E-state index is 0.0979. The molecule has 0 fully saturated rings. The van der Waals surface area contributed by atoms with E-state index in [1.807, 2.05) is 21.6 Å². The number of ketones is 1. The van der Waals surface area contributed by atoms with Crippen LogP contribution in [0.4, 0.5) is 0 Å². The standard InChI is InChI=1S/C20H40O6S2/c1-20(2,28-27-18-5-4-10-21)9-8-19(22)7-6-11-24-14-15-26-17-16-25-13-12-23-3/h21H,4-18H2,1-3H3. The van der Waals surface area contributed by atoms with Crippen molar-refractivity contribution in [1.29, 1.82) is 0 Å². The second-order valence-corrected chi connectivity index (χ2v) is 10.2. The molecular weight excluding hydrogens is 400 g/mol.